The average Bonchev–Trinajstić information content (AvgIpc) is 3.39. The van der Waals surface area contributed by atoms with Crippen molar-refractivity contribution < 1.29 is 14.6 Å². The quantitative estimate of drug-likeness (QED) is 0.322. The molecule has 0 bridgehead atoms. The van der Waals surface area contributed by atoms with Crippen molar-refractivity contribution in [1.82, 2.24) is 14.9 Å². The van der Waals surface area contributed by atoms with Crippen LogP contribution in [0.5, 0.6) is 5.75 Å². The van der Waals surface area contributed by atoms with Gasteiger partial charge < -0.3 is 24.6 Å². The maximum Gasteiger partial charge on any atom is 0.335 e. The first-order valence-electron chi connectivity index (χ1n) is 12.0. The minimum atomic E-state index is -0.952. The van der Waals surface area contributed by atoms with E-state index in [2.05, 4.69) is 32.8 Å². The molecule has 1 fully saturated rings. The summed E-state index contributed by atoms with van der Waals surface area (Å²) in [5.41, 5.74) is 6.87. The number of carbonyl (C=O) groups is 1. The summed E-state index contributed by atoms with van der Waals surface area (Å²) in [5.74, 6) is -0.232. The third kappa shape index (κ3) is 4.23. The van der Waals surface area contributed by atoms with Crippen molar-refractivity contribution in [3.8, 4) is 11.4 Å². The van der Waals surface area contributed by atoms with Gasteiger partial charge in [0.05, 0.1) is 36.1 Å². The SMILES string of the molecule is COc1ccccc1N1C(=S)N[C@@H](c2ccccn2)[C@H]1c1cc(C)n(-c2cc(C(=O)O)ccc2C)c1C. The second-order valence-electron chi connectivity index (χ2n) is 9.14. The minimum Gasteiger partial charge on any atom is -0.495 e. The molecule has 7 nitrogen and oxygen atoms in total. The Morgan fingerprint density at radius 1 is 1.03 bits per heavy atom. The van der Waals surface area contributed by atoms with Gasteiger partial charge in [0.15, 0.2) is 5.11 Å². The lowest BCUT2D eigenvalue weighted by Gasteiger charge is -2.29. The van der Waals surface area contributed by atoms with Crippen LogP contribution in [0.2, 0.25) is 0 Å². The molecule has 8 heteroatoms. The van der Waals surface area contributed by atoms with Gasteiger partial charge >= 0.3 is 5.97 Å². The zero-order valence-corrected chi connectivity index (χ0v) is 21.9. The molecule has 2 aromatic carbocycles. The number of aromatic nitrogens is 2. The van der Waals surface area contributed by atoms with Gasteiger partial charge in [-0.2, -0.15) is 0 Å². The van der Waals surface area contributed by atoms with Gasteiger partial charge in [-0.25, -0.2) is 4.79 Å². The van der Waals surface area contributed by atoms with E-state index in [4.69, 9.17) is 17.0 Å². The van der Waals surface area contributed by atoms with Crippen molar-refractivity contribution in [3.63, 3.8) is 0 Å². The predicted molar refractivity (Wildman–Crippen MR) is 148 cm³/mol. The molecule has 0 radical (unpaired) electrons. The van der Waals surface area contributed by atoms with Crippen molar-refractivity contribution in [1.29, 1.82) is 0 Å². The number of methoxy groups -OCH3 is 1. The first-order chi connectivity index (χ1) is 17.8. The summed E-state index contributed by atoms with van der Waals surface area (Å²) < 4.78 is 7.82. The Labute approximate surface area is 221 Å². The molecular weight excluding hydrogens is 484 g/mol. The van der Waals surface area contributed by atoms with E-state index in [1.807, 2.05) is 62.4 Å². The molecule has 5 rings (SSSR count). The average molecular weight is 513 g/mol. The summed E-state index contributed by atoms with van der Waals surface area (Å²) in [6, 6.07) is 20.6. The molecule has 2 aromatic heterocycles. The van der Waals surface area contributed by atoms with E-state index in [1.54, 1.807) is 25.4 Å². The predicted octanol–water partition coefficient (Wildman–Crippen LogP) is 5.68. The lowest BCUT2D eigenvalue weighted by molar-refractivity contribution is 0.0697. The molecule has 0 saturated carbocycles. The van der Waals surface area contributed by atoms with Crippen LogP contribution in [0.25, 0.3) is 5.69 Å². The van der Waals surface area contributed by atoms with E-state index in [-0.39, 0.29) is 17.6 Å². The van der Waals surface area contributed by atoms with Crippen LogP contribution >= 0.6 is 12.2 Å². The number of para-hydroxylation sites is 2. The molecule has 2 atom stereocenters. The van der Waals surface area contributed by atoms with Crippen molar-refractivity contribution in [2.45, 2.75) is 32.9 Å². The van der Waals surface area contributed by atoms with Gasteiger partial charge in [-0.05, 0) is 86.6 Å². The standard InChI is InChI=1S/C29H28N4O3S/c1-17-12-13-20(28(34)35)16-24(17)32-18(2)15-21(19(32)3)27-26(22-9-7-8-14-30-22)31-29(37)33(27)23-10-5-6-11-25(23)36-4/h5-16,26-27H,1-4H3,(H,31,37)(H,34,35)/t26-,27+/m0/s1. The molecule has 37 heavy (non-hydrogen) atoms. The molecule has 0 amide bonds. The zero-order chi connectivity index (χ0) is 26.3. The minimum absolute atomic E-state index is 0.209. The van der Waals surface area contributed by atoms with Gasteiger partial charge in [0.25, 0.3) is 0 Å². The van der Waals surface area contributed by atoms with Crippen LogP contribution in [0.3, 0.4) is 0 Å². The highest BCUT2D eigenvalue weighted by molar-refractivity contribution is 7.80. The Hall–Kier alpha value is -4.17. The molecule has 1 aliphatic rings. The van der Waals surface area contributed by atoms with Crippen LogP contribution < -0.4 is 15.0 Å². The van der Waals surface area contributed by atoms with Crippen LogP contribution in [-0.2, 0) is 0 Å². The van der Waals surface area contributed by atoms with Crippen LogP contribution in [0.15, 0.2) is 72.9 Å². The number of carboxylic acids is 1. The Morgan fingerprint density at radius 2 is 1.78 bits per heavy atom. The molecule has 0 aliphatic carbocycles. The number of carboxylic acid groups (broad SMARTS) is 1. The molecular formula is C29H28N4O3S. The fraction of sp³-hybridized carbons (Fsp3) is 0.207. The molecule has 0 unspecified atom stereocenters. The second-order valence-corrected chi connectivity index (χ2v) is 9.52. The Bertz CT molecular complexity index is 1500. The summed E-state index contributed by atoms with van der Waals surface area (Å²) in [6.45, 7) is 6.09. The number of aryl methyl sites for hydroxylation is 2. The second kappa shape index (κ2) is 9.71. The summed E-state index contributed by atoms with van der Waals surface area (Å²) >= 11 is 5.89. The highest BCUT2D eigenvalue weighted by Gasteiger charge is 2.43. The monoisotopic (exact) mass is 512 g/mol. The van der Waals surface area contributed by atoms with Gasteiger partial charge in [-0.1, -0.05) is 24.3 Å². The van der Waals surface area contributed by atoms with Crippen LogP contribution in [-0.4, -0.2) is 32.8 Å². The normalized spacial score (nSPS) is 17.1. The third-order valence-corrected chi connectivity index (χ3v) is 7.24. The molecule has 1 saturated heterocycles. The van der Waals surface area contributed by atoms with Crippen molar-refractivity contribution in [2.24, 2.45) is 0 Å². The van der Waals surface area contributed by atoms with E-state index >= 15 is 0 Å². The first kappa shape index (κ1) is 24.5. The number of ether oxygens (including phenoxy) is 1. The van der Waals surface area contributed by atoms with Crippen LogP contribution in [0, 0.1) is 20.8 Å². The van der Waals surface area contributed by atoms with Gasteiger partial charge in [-0.3, -0.25) is 4.98 Å². The summed E-state index contributed by atoms with van der Waals surface area (Å²) in [4.78, 5) is 18.5. The van der Waals surface area contributed by atoms with Gasteiger partial charge in [-0.15, -0.1) is 0 Å². The van der Waals surface area contributed by atoms with Gasteiger partial charge in [0.1, 0.15) is 5.75 Å². The number of aromatic carboxylic acids is 1. The number of benzene rings is 2. The number of nitrogens with one attached hydrogen (secondary N) is 1. The summed E-state index contributed by atoms with van der Waals surface area (Å²) in [6.07, 6.45) is 1.78. The summed E-state index contributed by atoms with van der Waals surface area (Å²) in [5, 5.41) is 13.7. The maximum atomic E-state index is 11.7. The number of hydrogen-bond donors (Lipinski definition) is 2. The van der Waals surface area contributed by atoms with Crippen LogP contribution in [0.4, 0.5) is 5.69 Å². The molecule has 1 aliphatic heterocycles. The molecule has 3 heterocycles. The number of hydrogen-bond acceptors (Lipinski definition) is 4. The molecule has 2 N–H and O–H groups in total. The van der Waals surface area contributed by atoms with Crippen LogP contribution in [0.1, 0.15) is 50.7 Å². The Balaban J connectivity index is 1.72. The first-order valence-corrected chi connectivity index (χ1v) is 12.4. The summed E-state index contributed by atoms with van der Waals surface area (Å²) in [7, 11) is 1.65. The van der Waals surface area contributed by atoms with E-state index in [0.29, 0.717) is 5.11 Å². The fourth-order valence-corrected chi connectivity index (χ4v) is 5.54. The smallest absolute Gasteiger partial charge is 0.335 e. The fourth-order valence-electron chi connectivity index (χ4n) is 5.20. The number of rotatable bonds is 6. The third-order valence-electron chi connectivity index (χ3n) is 6.93. The van der Waals surface area contributed by atoms with E-state index in [9.17, 15) is 9.90 Å². The number of pyridine rings is 1. The van der Waals surface area contributed by atoms with E-state index in [1.165, 1.54) is 0 Å². The van der Waals surface area contributed by atoms with Gasteiger partial charge in [0.2, 0.25) is 0 Å². The topological polar surface area (TPSA) is 79.6 Å². The number of anilines is 1. The Kier molecular flexibility index (Phi) is 6.43. The van der Waals surface area contributed by atoms with Crippen molar-refractivity contribution in [2.75, 3.05) is 12.0 Å². The van der Waals surface area contributed by atoms with Gasteiger partial charge in [0, 0.05) is 23.3 Å². The largest absolute Gasteiger partial charge is 0.495 e. The highest BCUT2D eigenvalue weighted by atomic mass is 32.1. The number of nitrogens with zero attached hydrogens (tertiary/aromatic N) is 3. The Morgan fingerprint density at radius 3 is 2.49 bits per heavy atom. The highest BCUT2D eigenvalue weighted by Crippen LogP contribution is 2.46. The maximum absolute atomic E-state index is 11.7. The molecule has 4 aromatic rings. The zero-order valence-electron chi connectivity index (χ0n) is 21.1. The van der Waals surface area contributed by atoms with E-state index < -0.39 is 5.97 Å². The van der Waals surface area contributed by atoms with Crippen molar-refractivity contribution in [3.05, 3.63) is 107 Å². The number of thiocarbonyl (C=S) groups is 1. The molecule has 188 valence electrons. The van der Waals surface area contributed by atoms with E-state index in [0.717, 1.165) is 45.3 Å². The molecule has 0 spiro atoms. The van der Waals surface area contributed by atoms with Crippen molar-refractivity contribution >= 4 is 29.0 Å². The lowest BCUT2D eigenvalue weighted by atomic mass is 9.96. The lowest BCUT2D eigenvalue weighted by Crippen LogP contribution is -2.30.